The maximum absolute atomic E-state index is 13.4. The maximum Gasteiger partial charge on any atom is 0.217 e. The van der Waals surface area contributed by atoms with Crippen LogP contribution in [0.1, 0.15) is 24.4 Å². The van der Waals surface area contributed by atoms with Crippen LogP contribution in [0, 0.1) is 5.82 Å². The quantitative estimate of drug-likeness (QED) is 0.698. The second-order valence-electron chi connectivity index (χ2n) is 5.84. The van der Waals surface area contributed by atoms with Crippen molar-refractivity contribution in [3.05, 3.63) is 75.3 Å². The molecule has 0 aliphatic heterocycles. The Morgan fingerprint density at radius 1 is 1.24 bits per heavy atom. The molecule has 0 aliphatic rings. The van der Waals surface area contributed by atoms with Crippen molar-refractivity contribution in [3.8, 4) is 11.3 Å². The van der Waals surface area contributed by atoms with Crippen LogP contribution < -0.4 is 5.32 Å². The highest BCUT2D eigenvalue weighted by Gasteiger charge is 2.33. The summed E-state index contributed by atoms with van der Waals surface area (Å²) in [5.74, 6) is -0.610. The predicted molar refractivity (Wildman–Crippen MR) is 99.2 cm³/mol. The smallest absolute Gasteiger partial charge is 0.217 e. The van der Waals surface area contributed by atoms with E-state index in [1.54, 1.807) is 12.1 Å². The Labute approximate surface area is 154 Å². The summed E-state index contributed by atoms with van der Waals surface area (Å²) in [6.07, 6.45) is 0. The lowest BCUT2D eigenvalue weighted by atomic mass is 9.92. The van der Waals surface area contributed by atoms with Crippen molar-refractivity contribution in [2.24, 2.45) is 0 Å². The van der Waals surface area contributed by atoms with Crippen molar-refractivity contribution in [1.29, 1.82) is 0 Å². The predicted octanol–water partition coefficient (Wildman–Crippen LogP) is 5.00. The number of benzene rings is 2. The van der Waals surface area contributed by atoms with E-state index >= 15 is 0 Å². The first kappa shape index (κ1) is 17.6. The molecule has 1 N–H and O–H groups in total. The third-order valence-corrected chi connectivity index (χ3v) is 5.28. The zero-order valence-electron chi connectivity index (χ0n) is 13.7. The molecule has 0 saturated heterocycles. The Balaban J connectivity index is 2.05. The monoisotopic (exact) mass is 374 g/mol. The van der Waals surface area contributed by atoms with Crippen LogP contribution in [0.2, 0.25) is 5.02 Å². The van der Waals surface area contributed by atoms with E-state index in [2.05, 4.69) is 10.3 Å². The Morgan fingerprint density at radius 3 is 2.60 bits per heavy atom. The zero-order valence-corrected chi connectivity index (χ0v) is 15.3. The van der Waals surface area contributed by atoms with Gasteiger partial charge in [0.2, 0.25) is 5.91 Å². The van der Waals surface area contributed by atoms with Crippen LogP contribution in [-0.2, 0) is 10.3 Å². The topological polar surface area (TPSA) is 42.0 Å². The van der Waals surface area contributed by atoms with Crippen molar-refractivity contribution >= 4 is 28.8 Å². The van der Waals surface area contributed by atoms with E-state index in [9.17, 15) is 9.18 Å². The fraction of sp³-hybridized carbons (Fsp3) is 0.158. The van der Waals surface area contributed by atoms with Gasteiger partial charge in [0.25, 0.3) is 0 Å². The van der Waals surface area contributed by atoms with Gasteiger partial charge in [-0.05, 0) is 30.7 Å². The van der Waals surface area contributed by atoms with Crippen LogP contribution in [0.4, 0.5) is 4.39 Å². The van der Waals surface area contributed by atoms with Crippen LogP contribution in [-0.4, -0.2) is 10.9 Å². The van der Waals surface area contributed by atoms with Crippen LogP contribution in [0.25, 0.3) is 11.3 Å². The van der Waals surface area contributed by atoms with Gasteiger partial charge >= 0.3 is 0 Å². The molecular formula is C19H16ClFN2OS. The van der Waals surface area contributed by atoms with E-state index in [1.807, 2.05) is 42.6 Å². The molecule has 3 rings (SSSR count). The van der Waals surface area contributed by atoms with Crippen LogP contribution in [0.5, 0.6) is 0 Å². The second-order valence-corrected chi connectivity index (χ2v) is 7.10. The molecule has 25 heavy (non-hydrogen) atoms. The number of thiazole rings is 1. The van der Waals surface area contributed by atoms with Gasteiger partial charge in [0.05, 0.1) is 10.7 Å². The first-order valence-electron chi connectivity index (χ1n) is 7.66. The molecule has 0 saturated carbocycles. The van der Waals surface area contributed by atoms with Crippen molar-refractivity contribution in [3.63, 3.8) is 0 Å². The van der Waals surface area contributed by atoms with E-state index in [-0.39, 0.29) is 10.9 Å². The van der Waals surface area contributed by atoms with E-state index in [1.165, 1.54) is 24.3 Å². The number of nitrogens with zero attached hydrogens (tertiary/aromatic N) is 1. The number of hydrogen-bond acceptors (Lipinski definition) is 3. The average Bonchev–Trinajstić information content (AvgIpc) is 3.08. The van der Waals surface area contributed by atoms with E-state index in [0.29, 0.717) is 5.69 Å². The fourth-order valence-electron chi connectivity index (χ4n) is 2.66. The normalized spacial score (nSPS) is 13.3. The fourth-order valence-corrected chi connectivity index (χ4v) is 3.81. The van der Waals surface area contributed by atoms with E-state index in [0.717, 1.165) is 16.1 Å². The number of carbonyl (C=O) groups excluding carboxylic acids is 1. The van der Waals surface area contributed by atoms with Crippen LogP contribution in [0.3, 0.4) is 0 Å². The summed E-state index contributed by atoms with van der Waals surface area (Å²) in [5.41, 5.74) is 1.60. The number of aromatic nitrogens is 1. The van der Waals surface area contributed by atoms with Crippen molar-refractivity contribution in [2.75, 3.05) is 0 Å². The third-order valence-electron chi connectivity index (χ3n) is 3.92. The van der Waals surface area contributed by atoms with Crippen LogP contribution >= 0.6 is 22.9 Å². The van der Waals surface area contributed by atoms with Gasteiger partial charge in [0, 0.05) is 17.9 Å². The largest absolute Gasteiger partial charge is 0.341 e. The second kappa shape index (κ2) is 6.94. The molecule has 0 bridgehead atoms. The van der Waals surface area contributed by atoms with Crippen molar-refractivity contribution in [1.82, 2.24) is 10.3 Å². The van der Waals surface area contributed by atoms with Gasteiger partial charge in [-0.3, -0.25) is 4.79 Å². The Kier molecular flexibility index (Phi) is 4.88. The number of carbonyl (C=O) groups is 1. The van der Waals surface area contributed by atoms with Gasteiger partial charge in [0.1, 0.15) is 16.4 Å². The average molecular weight is 375 g/mol. The maximum atomic E-state index is 13.4. The molecule has 1 aromatic heterocycles. The van der Waals surface area contributed by atoms with E-state index in [4.69, 9.17) is 11.6 Å². The molecule has 1 amide bonds. The number of amides is 1. The summed E-state index contributed by atoms with van der Waals surface area (Å²) in [6, 6.07) is 14.2. The third kappa shape index (κ3) is 3.57. The summed E-state index contributed by atoms with van der Waals surface area (Å²) < 4.78 is 13.4. The first-order valence-corrected chi connectivity index (χ1v) is 8.91. The minimum Gasteiger partial charge on any atom is -0.341 e. The lowest BCUT2D eigenvalue weighted by Crippen LogP contribution is -2.43. The summed E-state index contributed by atoms with van der Waals surface area (Å²) in [4.78, 5) is 16.4. The van der Waals surface area contributed by atoms with Gasteiger partial charge in [-0.2, -0.15) is 0 Å². The zero-order chi connectivity index (χ0) is 18.0. The minimum atomic E-state index is -0.750. The molecule has 1 heterocycles. The highest BCUT2D eigenvalue weighted by molar-refractivity contribution is 7.10. The van der Waals surface area contributed by atoms with Gasteiger partial charge in [0.15, 0.2) is 0 Å². The van der Waals surface area contributed by atoms with Crippen molar-refractivity contribution < 1.29 is 9.18 Å². The molecule has 0 fully saturated rings. The van der Waals surface area contributed by atoms with Crippen molar-refractivity contribution in [2.45, 2.75) is 19.4 Å². The number of hydrogen-bond donors (Lipinski definition) is 1. The standard InChI is InChI=1S/C19H16ClFN2OS/c1-12(24)23-19(2,14-6-4-3-5-7-14)18-22-17(11-25-18)13-8-9-16(21)15(20)10-13/h3-11H,1-2H3,(H,23,24). The number of halogens is 2. The molecule has 0 spiro atoms. The molecule has 2 aromatic carbocycles. The van der Waals surface area contributed by atoms with Gasteiger partial charge in [-0.1, -0.05) is 41.9 Å². The molecular weight excluding hydrogens is 359 g/mol. The molecule has 3 aromatic rings. The summed E-state index contributed by atoms with van der Waals surface area (Å²) in [6.45, 7) is 3.40. The molecule has 1 unspecified atom stereocenters. The summed E-state index contributed by atoms with van der Waals surface area (Å²) >= 11 is 7.30. The highest BCUT2D eigenvalue weighted by Crippen LogP contribution is 2.34. The molecule has 6 heteroatoms. The molecule has 1 atom stereocenters. The molecule has 3 nitrogen and oxygen atoms in total. The summed E-state index contributed by atoms with van der Waals surface area (Å²) in [5, 5.41) is 5.67. The highest BCUT2D eigenvalue weighted by atomic mass is 35.5. The lowest BCUT2D eigenvalue weighted by Gasteiger charge is -2.29. The van der Waals surface area contributed by atoms with Crippen LogP contribution in [0.15, 0.2) is 53.9 Å². The Bertz CT molecular complexity index is 913. The van der Waals surface area contributed by atoms with Gasteiger partial charge in [-0.15, -0.1) is 11.3 Å². The number of nitrogens with one attached hydrogen (secondary N) is 1. The SMILES string of the molecule is CC(=O)NC(C)(c1ccccc1)c1nc(-c2ccc(F)c(Cl)c2)cs1. The molecule has 128 valence electrons. The minimum absolute atomic E-state index is 0.0553. The first-order chi connectivity index (χ1) is 11.9. The summed E-state index contributed by atoms with van der Waals surface area (Å²) in [7, 11) is 0. The van der Waals surface area contributed by atoms with Gasteiger partial charge < -0.3 is 5.32 Å². The van der Waals surface area contributed by atoms with E-state index < -0.39 is 11.4 Å². The molecule has 0 radical (unpaired) electrons. The number of rotatable bonds is 4. The van der Waals surface area contributed by atoms with Gasteiger partial charge in [-0.25, -0.2) is 9.37 Å². The lowest BCUT2D eigenvalue weighted by molar-refractivity contribution is -0.120. The Hall–Kier alpha value is -2.24. The molecule has 0 aliphatic carbocycles. The Morgan fingerprint density at radius 2 is 1.96 bits per heavy atom.